The van der Waals surface area contributed by atoms with Crippen molar-refractivity contribution in [3.05, 3.63) is 24.3 Å². The summed E-state index contributed by atoms with van der Waals surface area (Å²) in [6, 6.07) is 7.91. The van der Waals surface area contributed by atoms with Crippen LogP contribution in [0.3, 0.4) is 0 Å². The van der Waals surface area contributed by atoms with Crippen molar-refractivity contribution in [3.63, 3.8) is 0 Å². The minimum Gasteiger partial charge on any atom is -0.370 e. The fourth-order valence-corrected chi connectivity index (χ4v) is 2.51. The molecular weight excluding hydrogens is 252 g/mol. The van der Waals surface area contributed by atoms with Crippen LogP contribution in [0, 0.1) is 5.92 Å². The van der Waals surface area contributed by atoms with E-state index in [4.69, 9.17) is 17.2 Å². The molecule has 1 heterocycles. The summed E-state index contributed by atoms with van der Waals surface area (Å²) < 4.78 is 0. The summed E-state index contributed by atoms with van der Waals surface area (Å²) in [5.41, 5.74) is 18.2. The van der Waals surface area contributed by atoms with Crippen LogP contribution in [-0.2, 0) is 0 Å². The van der Waals surface area contributed by atoms with Crippen LogP contribution in [0.1, 0.15) is 19.8 Å². The topological polar surface area (TPSA) is 106 Å². The molecule has 0 amide bonds. The zero-order valence-corrected chi connectivity index (χ0v) is 11.8. The van der Waals surface area contributed by atoms with E-state index >= 15 is 0 Å². The second-order valence-corrected chi connectivity index (χ2v) is 5.19. The molecule has 1 aromatic carbocycles. The Morgan fingerprint density at radius 2 is 2.00 bits per heavy atom. The first-order valence-electron chi connectivity index (χ1n) is 6.84. The number of rotatable bonds is 2. The molecule has 0 spiro atoms. The fraction of sp³-hybridized carbons (Fsp3) is 0.429. The molecule has 6 N–H and O–H groups in total. The maximum Gasteiger partial charge on any atom is 0.223 e. The predicted octanol–water partition coefficient (Wildman–Crippen LogP) is 1.14. The quantitative estimate of drug-likeness (QED) is 0.555. The van der Waals surface area contributed by atoms with Crippen molar-refractivity contribution >= 4 is 23.3 Å². The van der Waals surface area contributed by atoms with Gasteiger partial charge in [0.25, 0.3) is 0 Å². The Morgan fingerprint density at radius 3 is 2.70 bits per heavy atom. The lowest BCUT2D eigenvalue weighted by molar-refractivity contribution is 0.447. The third-order valence-corrected chi connectivity index (χ3v) is 3.36. The number of nitrogens with two attached hydrogens (primary N) is 3. The van der Waals surface area contributed by atoms with Crippen molar-refractivity contribution in [2.45, 2.75) is 19.8 Å². The van der Waals surface area contributed by atoms with Crippen molar-refractivity contribution in [1.29, 1.82) is 0 Å². The minimum absolute atomic E-state index is 0.0718. The summed E-state index contributed by atoms with van der Waals surface area (Å²) in [5, 5.41) is 0. The lowest BCUT2D eigenvalue weighted by Gasteiger charge is -2.33. The molecule has 0 saturated carbocycles. The van der Waals surface area contributed by atoms with E-state index in [0.29, 0.717) is 5.92 Å². The molecule has 1 saturated heterocycles. The number of guanidine groups is 2. The second-order valence-electron chi connectivity index (χ2n) is 5.19. The van der Waals surface area contributed by atoms with Gasteiger partial charge in [0.1, 0.15) is 0 Å². The third-order valence-electron chi connectivity index (χ3n) is 3.36. The molecule has 108 valence electrons. The van der Waals surface area contributed by atoms with Crippen LogP contribution in [0.25, 0.3) is 0 Å². The number of nitrogens with zero attached hydrogens (tertiary/aromatic N) is 3. The van der Waals surface area contributed by atoms with Gasteiger partial charge in [-0.25, -0.2) is 4.99 Å². The average Bonchev–Trinajstić information content (AvgIpc) is 2.38. The number of benzene rings is 1. The SMILES string of the molecule is CC1CCCN(c2ccccc2N=C(N)N=C(N)N)C1. The summed E-state index contributed by atoms with van der Waals surface area (Å²) in [4.78, 5) is 10.4. The van der Waals surface area contributed by atoms with Crippen molar-refractivity contribution in [1.82, 2.24) is 0 Å². The molecule has 1 atom stereocenters. The van der Waals surface area contributed by atoms with E-state index < -0.39 is 0 Å². The van der Waals surface area contributed by atoms with E-state index in [1.54, 1.807) is 0 Å². The Bertz CT molecular complexity index is 518. The lowest BCUT2D eigenvalue weighted by atomic mass is 9.99. The highest BCUT2D eigenvalue weighted by Gasteiger charge is 2.18. The normalized spacial score (nSPS) is 19.8. The van der Waals surface area contributed by atoms with E-state index in [1.807, 2.05) is 18.2 Å². The zero-order valence-electron chi connectivity index (χ0n) is 11.8. The van der Waals surface area contributed by atoms with E-state index in [1.165, 1.54) is 12.8 Å². The number of anilines is 1. The Labute approximate surface area is 119 Å². The molecule has 1 unspecified atom stereocenters. The van der Waals surface area contributed by atoms with Gasteiger partial charge >= 0.3 is 0 Å². The van der Waals surface area contributed by atoms with Crippen LogP contribution < -0.4 is 22.1 Å². The van der Waals surface area contributed by atoms with Crippen LogP contribution in [0.15, 0.2) is 34.3 Å². The summed E-state index contributed by atoms with van der Waals surface area (Å²) in [6.07, 6.45) is 2.47. The number of para-hydroxylation sites is 2. The average molecular weight is 274 g/mol. The van der Waals surface area contributed by atoms with Gasteiger partial charge in [0.2, 0.25) is 5.96 Å². The van der Waals surface area contributed by atoms with Gasteiger partial charge in [0.05, 0.1) is 11.4 Å². The summed E-state index contributed by atoms with van der Waals surface area (Å²) >= 11 is 0. The van der Waals surface area contributed by atoms with E-state index in [-0.39, 0.29) is 11.9 Å². The van der Waals surface area contributed by atoms with Gasteiger partial charge < -0.3 is 22.1 Å². The number of hydrogen-bond acceptors (Lipinski definition) is 2. The van der Waals surface area contributed by atoms with E-state index in [2.05, 4.69) is 27.9 Å². The fourth-order valence-electron chi connectivity index (χ4n) is 2.51. The van der Waals surface area contributed by atoms with Gasteiger partial charge in [-0.05, 0) is 30.9 Å². The number of aliphatic imine (C=N–C) groups is 2. The Morgan fingerprint density at radius 1 is 1.25 bits per heavy atom. The van der Waals surface area contributed by atoms with Gasteiger partial charge in [-0.1, -0.05) is 19.1 Å². The molecule has 6 nitrogen and oxygen atoms in total. The molecule has 0 bridgehead atoms. The van der Waals surface area contributed by atoms with E-state index in [9.17, 15) is 0 Å². The standard InChI is InChI=1S/C14H22N6/c1-10-5-4-8-20(9-10)12-7-3-2-6-11(12)18-14(17)19-13(15)16/h2-3,6-7,10H,4-5,8-9H2,1H3,(H6,15,16,17,18,19). The molecule has 0 aliphatic carbocycles. The van der Waals surface area contributed by atoms with Gasteiger partial charge in [-0.15, -0.1) is 0 Å². The number of hydrogen-bond donors (Lipinski definition) is 3. The van der Waals surface area contributed by atoms with Crippen LogP contribution in [0.5, 0.6) is 0 Å². The van der Waals surface area contributed by atoms with Crippen molar-refractivity contribution in [2.75, 3.05) is 18.0 Å². The maximum absolute atomic E-state index is 5.72. The first kappa shape index (κ1) is 14.2. The molecule has 20 heavy (non-hydrogen) atoms. The molecule has 0 aromatic heterocycles. The molecule has 1 aromatic rings. The minimum atomic E-state index is -0.0877. The molecule has 1 aliphatic rings. The smallest absolute Gasteiger partial charge is 0.223 e. The Kier molecular flexibility index (Phi) is 4.45. The van der Waals surface area contributed by atoms with Crippen molar-refractivity contribution in [3.8, 4) is 0 Å². The largest absolute Gasteiger partial charge is 0.370 e. The number of piperidine rings is 1. The highest BCUT2D eigenvalue weighted by Crippen LogP contribution is 2.31. The maximum atomic E-state index is 5.72. The summed E-state index contributed by atoms with van der Waals surface area (Å²) in [7, 11) is 0. The van der Waals surface area contributed by atoms with Crippen LogP contribution in [0.2, 0.25) is 0 Å². The van der Waals surface area contributed by atoms with Crippen molar-refractivity contribution in [2.24, 2.45) is 33.1 Å². The van der Waals surface area contributed by atoms with Gasteiger partial charge in [0.15, 0.2) is 5.96 Å². The second kappa shape index (κ2) is 6.27. The van der Waals surface area contributed by atoms with Crippen LogP contribution in [-0.4, -0.2) is 25.0 Å². The highest BCUT2D eigenvalue weighted by molar-refractivity contribution is 5.94. The lowest BCUT2D eigenvalue weighted by Crippen LogP contribution is -2.34. The molecule has 6 heteroatoms. The molecule has 2 rings (SSSR count). The summed E-state index contributed by atoms with van der Waals surface area (Å²) in [5.74, 6) is 0.675. The van der Waals surface area contributed by atoms with Gasteiger partial charge in [0, 0.05) is 13.1 Å². The first-order valence-corrected chi connectivity index (χ1v) is 6.84. The monoisotopic (exact) mass is 274 g/mol. The molecule has 1 aliphatic heterocycles. The molecular formula is C14H22N6. The molecule has 1 fully saturated rings. The first-order chi connectivity index (χ1) is 9.56. The zero-order chi connectivity index (χ0) is 14.5. The van der Waals surface area contributed by atoms with Gasteiger partial charge in [-0.3, -0.25) is 0 Å². The van der Waals surface area contributed by atoms with Crippen LogP contribution in [0.4, 0.5) is 11.4 Å². The summed E-state index contributed by atoms with van der Waals surface area (Å²) in [6.45, 7) is 4.35. The third kappa shape index (κ3) is 3.63. The predicted molar refractivity (Wildman–Crippen MR) is 84.1 cm³/mol. The van der Waals surface area contributed by atoms with E-state index in [0.717, 1.165) is 24.5 Å². The Balaban J connectivity index is 2.28. The van der Waals surface area contributed by atoms with Crippen molar-refractivity contribution < 1.29 is 0 Å². The Hall–Kier alpha value is -2.24. The highest BCUT2D eigenvalue weighted by atomic mass is 15.2. The van der Waals surface area contributed by atoms with Crippen LogP contribution >= 0.6 is 0 Å². The molecule has 0 radical (unpaired) electrons. The van der Waals surface area contributed by atoms with Gasteiger partial charge in [-0.2, -0.15) is 4.99 Å².